The molecule has 0 bridgehead atoms. The minimum Gasteiger partial charge on any atom is -0.389 e. The van der Waals surface area contributed by atoms with Crippen LogP contribution in [0.25, 0.3) is 0 Å². The average Bonchev–Trinajstić information content (AvgIpc) is 2.60. The predicted molar refractivity (Wildman–Crippen MR) is 74.2 cm³/mol. The van der Waals surface area contributed by atoms with Crippen molar-refractivity contribution in [3.05, 3.63) is 23.4 Å². The molecular weight excluding hydrogens is 256 g/mol. The largest absolute Gasteiger partial charge is 0.389 e. The summed E-state index contributed by atoms with van der Waals surface area (Å²) >= 11 is 0. The molecule has 0 saturated carbocycles. The molecule has 1 amide bonds. The van der Waals surface area contributed by atoms with E-state index in [0.29, 0.717) is 37.6 Å². The highest BCUT2D eigenvalue weighted by Gasteiger charge is 2.24. The Kier molecular flexibility index (Phi) is 4.20. The number of hydrogen-bond acceptors (Lipinski definition) is 5. The Balaban J connectivity index is 2.27. The molecule has 1 aromatic heterocycles. The summed E-state index contributed by atoms with van der Waals surface area (Å²) in [4.78, 5) is 19.3. The van der Waals surface area contributed by atoms with E-state index in [1.54, 1.807) is 17.0 Å². The van der Waals surface area contributed by atoms with E-state index in [1.165, 1.54) is 6.92 Å². The van der Waals surface area contributed by atoms with E-state index in [9.17, 15) is 15.2 Å². The summed E-state index contributed by atoms with van der Waals surface area (Å²) < 4.78 is 0. The van der Waals surface area contributed by atoms with E-state index >= 15 is 0 Å². The number of pyridine rings is 1. The van der Waals surface area contributed by atoms with Gasteiger partial charge in [0, 0.05) is 38.8 Å². The number of carbonyl (C=O) groups is 1. The number of aryl methyl sites for hydroxylation is 1. The first-order valence-corrected chi connectivity index (χ1v) is 6.57. The average molecular weight is 274 g/mol. The number of carbonyl (C=O) groups excluding carboxylic acids is 1. The van der Waals surface area contributed by atoms with Crippen LogP contribution in [0.3, 0.4) is 0 Å². The number of amides is 1. The standard InChI is InChI=1S/C14H18N4O2/c1-10-3-4-12(7-15)14(16-10)18-6-5-17(11(2)19)8-13(20)9-18/h3-4,13,20H,5-6,8-9H2,1-2H3. The maximum atomic E-state index is 11.4. The van der Waals surface area contributed by atoms with Crippen LogP contribution in [0.5, 0.6) is 0 Å². The van der Waals surface area contributed by atoms with Gasteiger partial charge in [-0.05, 0) is 19.1 Å². The third kappa shape index (κ3) is 3.06. The van der Waals surface area contributed by atoms with Gasteiger partial charge in [-0.2, -0.15) is 5.26 Å². The number of β-amino-alcohol motifs (C(OH)–C–C–N with tert-alkyl or cyclic N) is 1. The van der Waals surface area contributed by atoms with Crippen LogP contribution in [-0.2, 0) is 4.79 Å². The number of anilines is 1. The van der Waals surface area contributed by atoms with Gasteiger partial charge in [0.1, 0.15) is 11.9 Å². The normalized spacial score (nSPS) is 19.4. The van der Waals surface area contributed by atoms with Crippen molar-refractivity contribution >= 4 is 11.7 Å². The fourth-order valence-corrected chi connectivity index (χ4v) is 2.34. The van der Waals surface area contributed by atoms with Crippen LogP contribution in [0.4, 0.5) is 5.82 Å². The van der Waals surface area contributed by atoms with E-state index in [1.807, 2.05) is 11.8 Å². The maximum Gasteiger partial charge on any atom is 0.219 e. The van der Waals surface area contributed by atoms with Crippen molar-refractivity contribution in [2.24, 2.45) is 0 Å². The van der Waals surface area contributed by atoms with E-state index in [-0.39, 0.29) is 5.91 Å². The zero-order valence-electron chi connectivity index (χ0n) is 11.7. The van der Waals surface area contributed by atoms with Crippen molar-refractivity contribution in [2.45, 2.75) is 20.0 Å². The quantitative estimate of drug-likeness (QED) is 0.796. The summed E-state index contributed by atoms with van der Waals surface area (Å²) in [6.07, 6.45) is -0.643. The molecule has 6 heteroatoms. The number of aliphatic hydroxyl groups is 1. The summed E-state index contributed by atoms with van der Waals surface area (Å²) in [5, 5.41) is 19.2. The molecule has 1 fully saturated rings. The summed E-state index contributed by atoms with van der Waals surface area (Å²) in [6.45, 7) is 5.12. The molecule has 1 unspecified atom stereocenters. The number of nitriles is 1. The number of hydrogen-bond donors (Lipinski definition) is 1. The second kappa shape index (κ2) is 5.88. The molecule has 2 rings (SSSR count). The SMILES string of the molecule is CC(=O)N1CCN(c2nc(C)ccc2C#N)CC(O)C1. The van der Waals surface area contributed by atoms with Gasteiger partial charge < -0.3 is 14.9 Å². The van der Waals surface area contributed by atoms with Crippen LogP contribution >= 0.6 is 0 Å². The van der Waals surface area contributed by atoms with Gasteiger partial charge in [-0.3, -0.25) is 4.79 Å². The van der Waals surface area contributed by atoms with Crippen LogP contribution in [-0.4, -0.2) is 53.2 Å². The Morgan fingerprint density at radius 3 is 2.85 bits per heavy atom. The Morgan fingerprint density at radius 1 is 1.45 bits per heavy atom. The van der Waals surface area contributed by atoms with E-state index in [0.717, 1.165) is 5.69 Å². The third-order valence-electron chi connectivity index (χ3n) is 3.38. The van der Waals surface area contributed by atoms with Crippen molar-refractivity contribution in [1.29, 1.82) is 5.26 Å². The number of rotatable bonds is 1. The van der Waals surface area contributed by atoms with Crippen LogP contribution in [0.15, 0.2) is 12.1 Å². The fourth-order valence-electron chi connectivity index (χ4n) is 2.34. The molecule has 20 heavy (non-hydrogen) atoms. The summed E-state index contributed by atoms with van der Waals surface area (Å²) in [5.41, 5.74) is 1.31. The topological polar surface area (TPSA) is 80.5 Å². The van der Waals surface area contributed by atoms with E-state index in [4.69, 9.17) is 0 Å². The molecule has 0 aliphatic carbocycles. The highest BCUT2D eigenvalue weighted by molar-refractivity contribution is 5.73. The van der Waals surface area contributed by atoms with Crippen molar-refractivity contribution in [3.8, 4) is 6.07 Å². The second-order valence-corrected chi connectivity index (χ2v) is 5.00. The molecule has 1 atom stereocenters. The molecule has 1 aromatic rings. The number of aliphatic hydroxyl groups excluding tert-OH is 1. The zero-order chi connectivity index (χ0) is 14.7. The smallest absolute Gasteiger partial charge is 0.219 e. The van der Waals surface area contributed by atoms with Crippen molar-refractivity contribution < 1.29 is 9.90 Å². The first-order valence-electron chi connectivity index (χ1n) is 6.57. The molecule has 0 radical (unpaired) electrons. The molecule has 6 nitrogen and oxygen atoms in total. The van der Waals surface area contributed by atoms with Crippen molar-refractivity contribution in [1.82, 2.24) is 9.88 Å². The lowest BCUT2D eigenvalue weighted by atomic mass is 10.2. The molecule has 1 saturated heterocycles. The summed E-state index contributed by atoms with van der Waals surface area (Å²) in [7, 11) is 0. The first kappa shape index (κ1) is 14.3. The minimum atomic E-state index is -0.643. The van der Waals surface area contributed by atoms with E-state index < -0.39 is 6.10 Å². The summed E-state index contributed by atoms with van der Waals surface area (Å²) in [5.74, 6) is 0.528. The van der Waals surface area contributed by atoms with Gasteiger partial charge in [0.05, 0.1) is 11.7 Å². The highest BCUT2D eigenvalue weighted by Crippen LogP contribution is 2.19. The molecule has 2 heterocycles. The van der Waals surface area contributed by atoms with Gasteiger partial charge in [-0.25, -0.2) is 4.98 Å². The van der Waals surface area contributed by atoms with Crippen LogP contribution in [0.1, 0.15) is 18.2 Å². The zero-order valence-corrected chi connectivity index (χ0v) is 11.7. The van der Waals surface area contributed by atoms with E-state index in [2.05, 4.69) is 11.1 Å². The summed E-state index contributed by atoms with van der Waals surface area (Å²) in [6, 6.07) is 5.65. The molecule has 1 N–H and O–H groups in total. The van der Waals surface area contributed by atoms with Crippen molar-refractivity contribution in [2.75, 3.05) is 31.1 Å². The Morgan fingerprint density at radius 2 is 2.20 bits per heavy atom. The molecule has 0 spiro atoms. The number of aromatic nitrogens is 1. The third-order valence-corrected chi connectivity index (χ3v) is 3.38. The predicted octanol–water partition coefficient (Wildman–Crippen LogP) is 0.291. The van der Waals surface area contributed by atoms with Gasteiger partial charge in [0.25, 0.3) is 0 Å². The molecule has 106 valence electrons. The van der Waals surface area contributed by atoms with Gasteiger partial charge in [0.2, 0.25) is 5.91 Å². The van der Waals surface area contributed by atoms with Gasteiger partial charge in [0.15, 0.2) is 0 Å². The highest BCUT2D eigenvalue weighted by atomic mass is 16.3. The fraction of sp³-hybridized carbons (Fsp3) is 0.500. The lowest BCUT2D eigenvalue weighted by molar-refractivity contribution is -0.129. The maximum absolute atomic E-state index is 11.4. The second-order valence-electron chi connectivity index (χ2n) is 5.00. The lowest BCUT2D eigenvalue weighted by Gasteiger charge is -2.23. The molecule has 1 aliphatic heterocycles. The minimum absolute atomic E-state index is 0.0522. The Bertz CT molecular complexity index is 553. The van der Waals surface area contributed by atoms with Crippen LogP contribution in [0, 0.1) is 18.3 Å². The van der Waals surface area contributed by atoms with Crippen LogP contribution in [0.2, 0.25) is 0 Å². The van der Waals surface area contributed by atoms with Crippen molar-refractivity contribution in [3.63, 3.8) is 0 Å². The molecule has 1 aliphatic rings. The van der Waals surface area contributed by atoms with Gasteiger partial charge in [-0.15, -0.1) is 0 Å². The molecular formula is C14H18N4O2. The molecule has 0 aromatic carbocycles. The lowest BCUT2D eigenvalue weighted by Crippen LogP contribution is -2.36. The first-order chi connectivity index (χ1) is 9.51. The van der Waals surface area contributed by atoms with Crippen LogP contribution < -0.4 is 4.90 Å². The number of nitrogens with zero attached hydrogens (tertiary/aromatic N) is 4. The Labute approximate surface area is 118 Å². The Hall–Kier alpha value is -2.13. The van der Waals surface area contributed by atoms with Gasteiger partial charge >= 0.3 is 0 Å². The van der Waals surface area contributed by atoms with Gasteiger partial charge in [-0.1, -0.05) is 0 Å². The monoisotopic (exact) mass is 274 g/mol.